The summed E-state index contributed by atoms with van der Waals surface area (Å²) in [7, 11) is -1.82. The maximum Gasteiger partial charge on any atom is 0.271 e. The first-order valence-corrected chi connectivity index (χ1v) is 8.24. The van der Waals surface area contributed by atoms with Gasteiger partial charge < -0.3 is 5.32 Å². The first-order chi connectivity index (χ1) is 9.42. The molecule has 1 aromatic heterocycles. The summed E-state index contributed by atoms with van der Waals surface area (Å²) in [5.74, 6) is -0.361. The minimum absolute atomic E-state index is 0.240. The lowest BCUT2D eigenvalue weighted by Crippen LogP contribution is -2.11. The summed E-state index contributed by atoms with van der Waals surface area (Å²) in [6, 6.07) is 7.45. The Morgan fingerprint density at radius 3 is 2.65 bits per heavy atom. The Hall–Kier alpha value is -1.44. The van der Waals surface area contributed by atoms with Gasteiger partial charge in [-0.15, -0.1) is 11.3 Å². The molecule has 0 aliphatic carbocycles. The second-order valence-electron chi connectivity index (χ2n) is 4.32. The average Bonchev–Trinajstić information content (AvgIpc) is 2.83. The zero-order valence-corrected chi connectivity index (χ0v) is 12.7. The summed E-state index contributed by atoms with van der Waals surface area (Å²) in [6.45, 7) is 2.21. The summed E-state index contributed by atoms with van der Waals surface area (Å²) >= 11 is 1.20. The fourth-order valence-corrected chi connectivity index (χ4v) is 4.10. The molecule has 1 heterocycles. The summed E-state index contributed by atoms with van der Waals surface area (Å²) in [6.07, 6.45) is 0. The van der Waals surface area contributed by atoms with Crippen LogP contribution in [0.5, 0.6) is 0 Å². The van der Waals surface area contributed by atoms with Crippen molar-refractivity contribution in [1.29, 1.82) is 0 Å². The van der Waals surface area contributed by atoms with Crippen LogP contribution < -0.4 is 10.0 Å². The van der Waals surface area contributed by atoms with Crippen molar-refractivity contribution < 1.29 is 12.8 Å². The maximum absolute atomic E-state index is 13.2. The van der Waals surface area contributed by atoms with Gasteiger partial charge in [0.1, 0.15) is 10.0 Å². The smallest absolute Gasteiger partial charge is 0.271 e. The van der Waals surface area contributed by atoms with Gasteiger partial charge in [0, 0.05) is 17.1 Å². The van der Waals surface area contributed by atoms with E-state index in [0.717, 1.165) is 4.88 Å². The predicted molar refractivity (Wildman–Crippen MR) is 79.0 cm³/mol. The van der Waals surface area contributed by atoms with Crippen LogP contribution in [-0.4, -0.2) is 15.5 Å². The van der Waals surface area contributed by atoms with E-state index in [1.807, 2.05) is 0 Å². The molecule has 20 heavy (non-hydrogen) atoms. The average molecular weight is 314 g/mol. The summed E-state index contributed by atoms with van der Waals surface area (Å²) in [5, 5.41) is 2.97. The molecule has 0 aliphatic rings. The Labute approximate surface area is 121 Å². The molecule has 0 amide bonds. The Morgan fingerprint density at radius 1 is 1.25 bits per heavy atom. The third kappa shape index (κ3) is 3.36. The van der Waals surface area contributed by atoms with Crippen LogP contribution in [0.25, 0.3) is 0 Å². The normalized spacial score (nSPS) is 11.6. The highest BCUT2D eigenvalue weighted by atomic mass is 32.2. The summed E-state index contributed by atoms with van der Waals surface area (Å²) in [5.41, 5.74) is 0.750. The van der Waals surface area contributed by atoms with Crippen molar-refractivity contribution in [2.24, 2.45) is 0 Å². The summed E-state index contributed by atoms with van der Waals surface area (Å²) < 4.78 is 40.3. The topological polar surface area (TPSA) is 58.2 Å². The minimum Gasteiger partial charge on any atom is -0.315 e. The van der Waals surface area contributed by atoms with Crippen LogP contribution >= 0.6 is 11.3 Å². The number of hydrogen-bond donors (Lipinski definition) is 2. The largest absolute Gasteiger partial charge is 0.315 e. The van der Waals surface area contributed by atoms with Crippen molar-refractivity contribution in [3.8, 4) is 0 Å². The Kier molecular flexibility index (Phi) is 4.42. The quantitative estimate of drug-likeness (QED) is 0.892. The number of benzene rings is 1. The Balaban J connectivity index is 2.23. The molecular weight excluding hydrogens is 299 g/mol. The maximum atomic E-state index is 13.2. The number of thiophene rings is 1. The van der Waals surface area contributed by atoms with Gasteiger partial charge in [-0.05, 0) is 49.9 Å². The van der Waals surface area contributed by atoms with Gasteiger partial charge in [-0.3, -0.25) is 4.72 Å². The van der Waals surface area contributed by atoms with Gasteiger partial charge in [0.05, 0.1) is 0 Å². The van der Waals surface area contributed by atoms with Gasteiger partial charge in [0.25, 0.3) is 10.0 Å². The Morgan fingerprint density at radius 2 is 2.00 bits per heavy atom. The number of nitrogens with one attached hydrogen (secondary N) is 2. The zero-order valence-electron chi connectivity index (χ0n) is 11.1. The van der Waals surface area contributed by atoms with E-state index in [4.69, 9.17) is 0 Å². The molecule has 0 saturated carbocycles. The van der Waals surface area contributed by atoms with Crippen LogP contribution in [0.3, 0.4) is 0 Å². The lowest BCUT2D eigenvalue weighted by atomic mass is 10.2. The van der Waals surface area contributed by atoms with Crippen molar-refractivity contribution in [3.05, 3.63) is 46.6 Å². The van der Waals surface area contributed by atoms with Crippen LogP contribution in [0.1, 0.15) is 10.4 Å². The third-order valence-corrected chi connectivity index (χ3v) is 5.62. The van der Waals surface area contributed by atoms with Crippen LogP contribution in [0.2, 0.25) is 0 Å². The number of hydrogen-bond acceptors (Lipinski definition) is 4. The van der Waals surface area contributed by atoms with Crippen molar-refractivity contribution >= 4 is 27.0 Å². The molecule has 0 spiro atoms. The zero-order chi connectivity index (χ0) is 14.8. The van der Waals surface area contributed by atoms with E-state index in [2.05, 4.69) is 10.0 Å². The number of aryl methyl sites for hydroxylation is 1. The van der Waals surface area contributed by atoms with Gasteiger partial charge >= 0.3 is 0 Å². The van der Waals surface area contributed by atoms with Crippen molar-refractivity contribution in [2.75, 3.05) is 11.8 Å². The molecular formula is C13H15FN2O2S2. The Bertz CT molecular complexity index is 711. The van der Waals surface area contributed by atoms with E-state index in [1.165, 1.54) is 29.5 Å². The second kappa shape index (κ2) is 5.90. The van der Waals surface area contributed by atoms with E-state index >= 15 is 0 Å². The van der Waals surface area contributed by atoms with Gasteiger partial charge in [0.2, 0.25) is 0 Å². The molecule has 7 heteroatoms. The highest BCUT2D eigenvalue weighted by molar-refractivity contribution is 7.94. The third-order valence-electron chi connectivity index (χ3n) is 2.66. The molecule has 0 unspecified atom stereocenters. The predicted octanol–water partition coefficient (Wildman–Crippen LogP) is 2.72. The van der Waals surface area contributed by atoms with E-state index < -0.39 is 10.0 Å². The second-order valence-corrected chi connectivity index (χ2v) is 7.40. The molecule has 0 saturated heterocycles. The molecule has 0 radical (unpaired) electrons. The van der Waals surface area contributed by atoms with Crippen LogP contribution in [-0.2, 0) is 16.6 Å². The summed E-state index contributed by atoms with van der Waals surface area (Å²) in [4.78, 5) is 0.933. The minimum atomic E-state index is -3.62. The molecule has 0 bridgehead atoms. The van der Waals surface area contributed by atoms with E-state index in [1.54, 1.807) is 26.1 Å². The molecule has 2 aromatic rings. The van der Waals surface area contributed by atoms with E-state index in [0.29, 0.717) is 17.8 Å². The highest BCUT2D eigenvalue weighted by Crippen LogP contribution is 2.24. The molecule has 0 fully saturated rings. The van der Waals surface area contributed by atoms with E-state index in [-0.39, 0.29) is 10.0 Å². The number of anilines is 1. The number of rotatable bonds is 5. The van der Waals surface area contributed by atoms with E-state index in [9.17, 15) is 12.8 Å². The van der Waals surface area contributed by atoms with Gasteiger partial charge in [-0.2, -0.15) is 0 Å². The number of halogens is 1. The SMILES string of the molecule is CNCc1ccc(S(=O)(=O)Nc2ccc(F)c(C)c2)s1. The first-order valence-electron chi connectivity index (χ1n) is 5.94. The standard InChI is InChI=1S/C13H15FN2O2S2/c1-9-7-10(3-5-12(9)14)16-20(17,18)13-6-4-11(19-13)8-15-2/h3-7,15-16H,8H2,1-2H3. The molecule has 4 nitrogen and oxygen atoms in total. The fraction of sp³-hybridized carbons (Fsp3) is 0.231. The van der Waals surface area contributed by atoms with Crippen molar-refractivity contribution in [3.63, 3.8) is 0 Å². The molecule has 0 aliphatic heterocycles. The molecule has 2 N–H and O–H groups in total. The molecule has 1 aromatic carbocycles. The lowest BCUT2D eigenvalue weighted by Gasteiger charge is -2.07. The molecule has 108 valence electrons. The lowest BCUT2D eigenvalue weighted by molar-refractivity contribution is 0.602. The van der Waals surface area contributed by atoms with Crippen LogP contribution in [0.15, 0.2) is 34.5 Å². The first kappa shape index (κ1) is 15.0. The van der Waals surface area contributed by atoms with Gasteiger partial charge in [-0.1, -0.05) is 0 Å². The number of sulfonamides is 1. The van der Waals surface area contributed by atoms with Gasteiger partial charge in [0.15, 0.2) is 0 Å². The van der Waals surface area contributed by atoms with Crippen LogP contribution in [0, 0.1) is 12.7 Å². The fourth-order valence-electron chi connectivity index (χ4n) is 1.69. The van der Waals surface area contributed by atoms with Crippen LogP contribution in [0.4, 0.5) is 10.1 Å². The van der Waals surface area contributed by atoms with Crippen molar-refractivity contribution in [2.45, 2.75) is 17.7 Å². The monoisotopic (exact) mass is 314 g/mol. The van der Waals surface area contributed by atoms with Crippen molar-refractivity contribution in [1.82, 2.24) is 5.32 Å². The molecule has 2 rings (SSSR count). The molecule has 0 atom stereocenters. The van der Waals surface area contributed by atoms with Gasteiger partial charge in [-0.25, -0.2) is 12.8 Å². The highest BCUT2D eigenvalue weighted by Gasteiger charge is 2.17.